The van der Waals surface area contributed by atoms with Crippen molar-refractivity contribution < 1.29 is 0 Å². The first kappa shape index (κ1) is 15.3. The summed E-state index contributed by atoms with van der Waals surface area (Å²) in [7, 11) is 2.06. The number of aromatic nitrogens is 6. The summed E-state index contributed by atoms with van der Waals surface area (Å²) in [6, 6.07) is 4.41. The molecule has 24 heavy (non-hydrogen) atoms. The van der Waals surface area contributed by atoms with E-state index in [0.29, 0.717) is 6.04 Å². The highest BCUT2D eigenvalue weighted by Gasteiger charge is 2.32. The second kappa shape index (κ2) is 5.37. The van der Waals surface area contributed by atoms with Gasteiger partial charge in [-0.15, -0.1) is 15.3 Å². The van der Waals surface area contributed by atoms with Crippen molar-refractivity contribution in [1.82, 2.24) is 28.6 Å². The Balaban J connectivity index is 1.54. The van der Waals surface area contributed by atoms with Crippen molar-refractivity contribution in [2.45, 2.75) is 32.2 Å². The van der Waals surface area contributed by atoms with Crippen LogP contribution in [0, 0.1) is 0 Å². The molecular formula is C15H20N8S. The van der Waals surface area contributed by atoms with Crippen LogP contribution in [0.15, 0.2) is 18.3 Å². The molecule has 4 heterocycles. The van der Waals surface area contributed by atoms with Crippen molar-refractivity contribution in [2.75, 3.05) is 29.9 Å². The van der Waals surface area contributed by atoms with Gasteiger partial charge in [0.05, 0.1) is 24.0 Å². The summed E-state index contributed by atoms with van der Waals surface area (Å²) in [6.07, 6.45) is 1.81. The predicted molar refractivity (Wildman–Crippen MR) is 93.8 cm³/mol. The highest BCUT2D eigenvalue weighted by atomic mass is 32.1. The van der Waals surface area contributed by atoms with Crippen LogP contribution in [0.3, 0.4) is 0 Å². The normalized spacial score (nSPS) is 15.8. The van der Waals surface area contributed by atoms with E-state index in [1.807, 2.05) is 22.8 Å². The highest BCUT2D eigenvalue weighted by Crippen LogP contribution is 2.26. The van der Waals surface area contributed by atoms with Crippen molar-refractivity contribution in [3.8, 4) is 0 Å². The van der Waals surface area contributed by atoms with Crippen LogP contribution in [-0.4, -0.2) is 54.7 Å². The minimum Gasteiger partial charge on any atom is -0.351 e. The van der Waals surface area contributed by atoms with Crippen LogP contribution in [0.1, 0.15) is 26.6 Å². The fourth-order valence-corrected chi connectivity index (χ4v) is 3.25. The maximum Gasteiger partial charge on any atom is 0.178 e. The molecule has 9 heteroatoms. The van der Waals surface area contributed by atoms with Crippen LogP contribution < -0.4 is 9.80 Å². The van der Waals surface area contributed by atoms with Gasteiger partial charge in [0.25, 0.3) is 0 Å². The average molecular weight is 344 g/mol. The first-order valence-electron chi connectivity index (χ1n) is 7.92. The SMILES string of the molecule is CN(c1cnsn1)C1CN(c2ccc3nnc(C(C)(C)C)n3n2)C1. The number of hydrogen-bond acceptors (Lipinski definition) is 8. The number of fused-ring (bicyclic) bond motifs is 1. The first-order valence-corrected chi connectivity index (χ1v) is 8.65. The molecule has 4 rings (SSSR count). The van der Waals surface area contributed by atoms with Gasteiger partial charge in [-0.2, -0.15) is 13.3 Å². The molecular weight excluding hydrogens is 324 g/mol. The minimum atomic E-state index is -0.0969. The maximum absolute atomic E-state index is 4.75. The summed E-state index contributed by atoms with van der Waals surface area (Å²) in [5.41, 5.74) is 0.687. The molecule has 126 valence electrons. The van der Waals surface area contributed by atoms with Crippen molar-refractivity contribution in [2.24, 2.45) is 0 Å². The molecule has 0 amide bonds. The van der Waals surface area contributed by atoms with E-state index in [4.69, 9.17) is 5.10 Å². The van der Waals surface area contributed by atoms with Crippen LogP contribution in [-0.2, 0) is 5.41 Å². The zero-order chi connectivity index (χ0) is 16.9. The number of rotatable bonds is 3. The Kier molecular flexibility index (Phi) is 3.41. The molecule has 0 radical (unpaired) electrons. The molecule has 0 spiro atoms. The van der Waals surface area contributed by atoms with Crippen LogP contribution in [0.4, 0.5) is 11.6 Å². The third kappa shape index (κ3) is 2.48. The molecule has 8 nitrogen and oxygen atoms in total. The summed E-state index contributed by atoms with van der Waals surface area (Å²) in [6.45, 7) is 8.19. The van der Waals surface area contributed by atoms with E-state index in [-0.39, 0.29) is 5.41 Å². The smallest absolute Gasteiger partial charge is 0.178 e. The van der Waals surface area contributed by atoms with Gasteiger partial charge in [-0.25, -0.2) is 0 Å². The second-order valence-electron chi connectivity index (χ2n) is 7.17. The van der Waals surface area contributed by atoms with E-state index in [0.717, 1.165) is 36.2 Å². The molecule has 0 atom stereocenters. The first-order chi connectivity index (χ1) is 11.4. The average Bonchev–Trinajstić information content (AvgIpc) is 3.14. The van der Waals surface area contributed by atoms with Crippen LogP contribution in [0.2, 0.25) is 0 Å². The maximum atomic E-state index is 4.75. The lowest BCUT2D eigenvalue weighted by Crippen LogP contribution is -2.59. The van der Waals surface area contributed by atoms with Crippen molar-refractivity contribution in [1.29, 1.82) is 0 Å². The quantitative estimate of drug-likeness (QED) is 0.714. The van der Waals surface area contributed by atoms with Gasteiger partial charge in [0.2, 0.25) is 0 Å². The van der Waals surface area contributed by atoms with E-state index in [9.17, 15) is 0 Å². The predicted octanol–water partition coefficient (Wildman–Crippen LogP) is 1.60. The molecule has 1 fully saturated rings. The molecule has 0 N–H and O–H groups in total. The molecule has 1 saturated heterocycles. The van der Waals surface area contributed by atoms with Crippen LogP contribution in [0.25, 0.3) is 5.65 Å². The molecule has 0 unspecified atom stereocenters. The van der Waals surface area contributed by atoms with Gasteiger partial charge in [0.1, 0.15) is 5.82 Å². The Morgan fingerprint density at radius 3 is 2.67 bits per heavy atom. The van der Waals surface area contributed by atoms with E-state index in [2.05, 4.69) is 56.6 Å². The monoisotopic (exact) mass is 344 g/mol. The number of hydrogen-bond donors (Lipinski definition) is 0. The molecule has 1 aliphatic rings. The lowest BCUT2D eigenvalue weighted by Gasteiger charge is -2.44. The molecule has 3 aromatic rings. The summed E-state index contributed by atoms with van der Waals surface area (Å²) in [5.74, 6) is 2.76. The largest absolute Gasteiger partial charge is 0.351 e. The van der Waals surface area contributed by atoms with Crippen molar-refractivity contribution in [3.63, 3.8) is 0 Å². The Morgan fingerprint density at radius 1 is 1.21 bits per heavy atom. The molecule has 0 aromatic carbocycles. The zero-order valence-corrected chi connectivity index (χ0v) is 15.0. The Labute approximate surface area is 144 Å². The number of likely N-dealkylation sites (N-methyl/N-ethyl adjacent to an activating group) is 1. The summed E-state index contributed by atoms with van der Waals surface area (Å²) in [5, 5.41) is 13.3. The molecule has 3 aromatic heterocycles. The number of nitrogens with zero attached hydrogens (tertiary/aromatic N) is 8. The zero-order valence-electron chi connectivity index (χ0n) is 14.2. The Morgan fingerprint density at radius 2 is 2.00 bits per heavy atom. The minimum absolute atomic E-state index is 0.0969. The summed E-state index contributed by atoms with van der Waals surface area (Å²) < 4.78 is 10.2. The Bertz CT molecular complexity index is 844. The Hall–Kier alpha value is -2.29. The fourth-order valence-electron chi connectivity index (χ4n) is 2.81. The van der Waals surface area contributed by atoms with Gasteiger partial charge in [-0.05, 0) is 12.1 Å². The van der Waals surface area contributed by atoms with Crippen molar-refractivity contribution in [3.05, 3.63) is 24.2 Å². The van der Waals surface area contributed by atoms with Gasteiger partial charge in [-0.1, -0.05) is 20.8 Å². The topological polar surface area (TPSA) is 75.3 Å². The highest BCUT2D eigenvalue weighted by molar-refractivity contribution is 6.99. The van der Waals surface area contributed by atoms with Crippen LogP contribution >= 0.6 is 11.7 Å². The number of anilines is 2. The van der Waals surface area contributed by atoms with Gasteiger partial charge >= 0.3 is 0 Å². The van der Waals surface area contributed by atoms with Crippen LogP contribution in [0.5, 0.6) is 0 Å². The van der Waals surface area contributed by atoms with Gasteiger partial charge in [0.15, 0.2) is 17.3 Å². The lowest BCUT2D eigenvalue weighted by molar-refractivity contribution is 0.483. The summed E-state index contributed by atoms with van der Waals surface area (Å²) >= 11 is 1.24. The molecule has 0 bridgehead atoms. The standard InChI is InChI=1S/C15H20N8S/c1-15(2,3)14-18-17-11-5-6-12(19-23(11)14)22-8-10(9-22)21(4)13-7-16-24-20-13/h5-7,10H,8-9H2,1-4H3. The van der Waals surface area contributed by atoms with E-state index in [1.54, 1.807) is 0 Å². The van der Waals surface area contributed by atoms with E-state index >= 15 is 0 Å². The van der Waals surface area contributed by atoms with E-state index in [1.165, 1.54) is 11.7 Å². The summed E-state index contributed by atoms with van der Waals surface area (Å²) in [4.78, 5) is 4.44. The van der Waals surface area contributed by atoms with Gasteiger partial charge in [0, 0.05) is 25.6 Å². The lowest BCUT2D eigenvalue weighted by atomic mass is 9.96. The van der Waals surface area contributed by atoms with Crippen molar-refractivity contribution >= 4 is 29.0 Å². The molecule has 0 aliphatic carbocycles. The third-order valence-corrected chi connectivity index (χ3v) is 4.83. The van der Waals surface area contributed by atoms with E-state index < -0.39 is 0 Å². The second-order valence-corrected chi connectivity index (χ2v) is 7.73. The third-order valence-electron chi connectivity index (χ3n) is 4.36. The molecule has 0 saturated carbocycles. The fraction of sp³-hybridized carbons (Fsp3) is 0.533. The molecule has 1 aliphatic heterocycles. The van der Waals surface area contributed by atoms with Gasteiger partial charge in [-0.3, -0.25) is 0 Å². The van der Waals surface area contributed by atoms with Gasteiger partial charge < -0.3 is 9.80 Å².